The standard InChI is InChI=1S/C24H30ClN3O4S/c1-32-23-10-7-19(25)16-22(23)27-15-12-20(17-27)26-24(29)11-6-18-4-8-21(9-5-18)33(30,31)28-13-2-3-14-28/h4-5,7-10,16,20H,2-3,6,11-15,17H2,1H3,(H,26,29). The quantitative estimate of drug-likeness (QED) is 0.611. The van der Waals surface area contributed by atoms with Crippen LogP contribution in [0.15, 0.2) is 47.4 Å². The van der Waals surface area contributed by atoms with E-state index in [1.807, 2.05) is 12.1 Å². The van der Waals surface area contributed by atoms with E-state index >= 15 is 0 Å². The fourth-order valence-corrected chi connectivity index (χ4v) is 6.15. The number of amides is 1. The highest BCUT2D eigenvalue weighted by atomic mass is 35.5. The second kappa shape index (κ2) is 10.3. The first kappa shape index (κ1) is 23.9. The molecule has 2 aromatic rings. The summed E-state index contributed by atoms with van der Waals surface area (Å²) < 4.78 is 32.3. The Morgan fingerprint density at radius 2 is 1.85 bits per heavy atom. The third-order valence-electron chi connectivity index (χ3n) is 6.30. The molecule has 0 spiro atoms. The van der Waals surface area contributed by atoms with Gasteiger partial charge >= 0.3 is 0 Å². The minimum atomic E-state index is -3.41. The van der Waals surface area contributed by atoms with E-state index in [1.54, 1.807) is 41.7 Å². The van der Waals surface area contributed by atoms with E-state index < -0.39 is 10.0 Å². The zero-order chi connectivity index (χ0) is 23.4. The number of sulfonamides is 1. The fourth-order valence-electron chi connectivity index (χ4n) is 4.47. The van der Waals surface area contributed by atoms with Gasteiger partial charge in [-0.2, -0.15) is 4.31 Å². The van der Waals surface area contributed by atoms with Crippen molar-refractivity contribution >= 4 is 33.2 Å². The number of carbonyl (C=O) groups is 1. The van der Waals surface area contributed by atoms with Gasteiger partial charge in [-0.05, 0) is 61.6 Å². The molecule has 0 aromatic heterocycles. The molecule has 2 aliphatic rings. The predicted molar refractivity (Wildman–Crippen MR) is 130 cm³/mol. The molecule has 0 bridgehead atoms. The lowest BCUT2D eigenvalue weighted by Gasteiger charge is -2.21. The first-order valence-electron chi connectivity index (χ1n) is 11.3. The first-order chi connectivity index (χ1) is 15.9. The monoisotopic (exact) mass is 491 g/mol. The van der Waals surface area contributed by atoms with Crippen molar-refractivity contribution < 1.29 is 17.9 Å². The number of hydrogen-bond acceptors (Lipinski definition) is 5. The number of methoxy groups -OCH3 is 1. The van der Waals surface area contributed by atoms with Crippen molar-refractivity contribution in [3.05, 3.63) is 53.1 Å². The van der Waals surface area contributed by atoms with Gasteiger partial charge in [0.1, 0.15) is 5.75 Å². The third kappa shape index (κ3) is 5.62. The van der Waals surface area contributed by atoms with Gasteiger partial charge < -0.3 is 15.0 Å². The van der Waals surface area contributed by atoms with Gasteiger partial charge in [-0.25, -0.2) is 8.42 Å². The highest BCUT2D eigenvalue weighted by molar-refractivity contribution is 7.89. The molecule has 2 aromatic carbocycles. The molecule has 33 heavy (non-hydrogen) atoms. The first-order valence-corrected chi connectivity index (χ1v) is 13.2. The lowest BCUT2D eigenvalue weighted by atomic mass is 10.1. The largest absolute Gasteiger partial charge is 0.495 e. The second-order valence-corrected chi connectivity index (χ2v) is 10.9. The molecule has 7 nitrogen and oxygen atoms in total. The Kier molecular flexibility index (Phi) is 7.46. The van der Waals surface area contributed by atoms with E-state index in [2.05, 4.69) is 10.2 Å². The molecule has 4 rings (SSSR count). The summed E-state index contributed by atoms with van der Waals surface area (Å²) in [5.41, 5.74) is 1.88. The van der Waals surface area contributed by atoms with Crippen LogP contribution in [0, 0.1) is 0 Å². The SMILES string of the molecule is COc1ccc(Cl)cc1N1CCC(NC(=O)CCc2ccc(S(=O)(=O)N3CCCC3)cc2)C1. The van der Waals surface area contributed by atoms with Crippen LogP contribution in [0.3, 0.4) is 0 Å². The Bertz CT molecular complexity index is 1090. The zero-order valence-electron chi connectivity index (χ0n) is 18.8. The van der Waals surface area contributed by atoms with Crippen molar-refractivity contribution in [1.82, 2.24) is 9.62 Å². The average molecular weight is 492 g/mol. The van der Waals surface area contributed by atoms with E-state index in [4.69, 9.17) is 16.3 Å². The maximum Gasteiger partial charge on any atom is 0.243 e. The van der Waals surface area contributed by atoms with Crippen molar-refractivity contribution in [1.29, 1.82) is 0 Å². The molecule has 1 amide bonds. The summed E-state index contributed by atoms with van der Waals surface area (Å²) in [4.78, 5) is 15.0. The number of rotatable bonds is 8. The van der Waals surface area contributed by atoms with E-state index in [9.17, 15) is 13.2 Å². The van der Waals surface area contributed by atoms with Gasteiger partial charge in [-0.15, -0.1) is 0 Å². The molecule has 2 heterocycles. The summed E-state index contributed by atoms with van der Waals surface area (Å²) in [5, 5.41) is 3.77. The lowest BCUT2D eigenvalue weighted by Crippen LogP contribution is -2.37. The number of aryl methyl sites for hydroxylation is 1. The summed E-state index contributed by atoms with van der Waals surface area (Å²) in [6.07, 6.45) is 3.60. The summed E-state index contributed by atoms with van der Waals surface area (Å²) in [6, 6.07) is 12.5. The van der Waals surface area contributed by atoms with Crippen molar-refractivity contribution in [2.45, 2.75) is 43.0 Å². The second-order valence-electron chi connectivity index (χ2n) is 8.57. The number of anilines is 1. The van der Waals surface area contributed by atoms with Gasteiger partial charge in [0, 0.05) is 43.7 Å². The highest BCUT2D eigenvalue weighted by Gasteiger charge is 2.27. The van der Waals surface area contributed by atoms with Gasteiger partial charge in [-0.3, -0.25) is 4.79 Å². The molecule has 2 aliphatic heterocycles. The van der Waals surface area contributed by atoms with Crippen LogP contribution in [0.1, 0.15) is 31.2 Å². The van der Waals surface area contributed by atoms with E-state index in [-0.39, 0.29) is 11.9 Å². The molecule has 9 heteroatoms. The molecular formula is C24H30ClN3O4S. The van der Waals surface area contributed by atoms with Crippen molar-refractivity contribution in [3.63, 3.8) is 0 Å². The van der Waals surface area contributed by atoms with Crippen LogP contribution in [0.5, 0.6) is 5.75 Å². The molecule has 1 N–H and O–H groups in total. The molecule has 0 aliphatic carbocycles. The number of carbonyl (C=O) groups excluding carboxylic acids is 1. The molecule has 0 radical (unpaired) electrons. The van der Waals surface area contributed by atoms with Gasteiger partial charge in [0.05, 0.1) is 17.7 Å². The molecular weight excluding hydrogens is 462 g/mol. The van der Waals surface area contributed by atoms with Crippen LogP contribution >= 0.6 is 11.6 Å². The Morgan fingerprint density at radius 3 is 2.55 bits per heavy atom. The van der Waals surface area contributed by atoms with Crippen molar-refractivity contribution in [2.24, 2.45) is 0 Å². The third-order valence-corrected chi connectivity index (χ3v) is 8.45. The Labute approximate surface area is 200 Å². The van der Waals surface area contributed by atoms with Gasteiger partial charge in [0.2, 0.25) is 15.9 Å². The number of ether oxygens (including phenoxy) is 1. The zero-order valence-corrected chi connectivity index (χ0v) is 20.4. The summed E-state index contributed by atoms with van der Waals surface area (Å²) in [7, 11) is -1.77. The normalized spacial score (nSPS) is 19.1. The van der Waals surface area contributed by atoms with Crippen LogP contribution in [0.25, 0.3) is 0 Å². The highest BCUT2D eigenvalue weighted by Crippen LogP contribution is 2.33. The number of nitrogens with one attached hydrogen (secondary N) is 1. The Hall–Kier alpha value is -2.29. The molecule has 2 saturated heterocycles. The summed E-state index contributed by atoms with van der Waals surface area (Å²) in [5.74, 6) is 0.759. The number of hydrogen-bond donors (Lipinski definition) is 1. The van der Waals surface area contributed by atoms with Crippen LogP contribution in [0.4, 0.5) is 5.69 Å². The summed E-state index contributed by atoms with van der Waals surface area (Å²) in [6.45, 7) is 2.69. The summed E-state index contributed by atoms with van der Waals surface area (Å²) >= 11 is 6.15. The molecule has 2 fully saturated rings. The maximum atomic E-state index is 12.6. The van der Waals surface area contributed by atoms with Crippen LogP contribution < -0.4 is 15.0 Å². The predicted octanol–water partition coefficient (Wildman–Crippen LogP) is 3.46. The molecule has 178 valence electrons. The van der Waals surface area contributed by atoms with Crippen LogP contribution in [-0.4, -0.2) is 58.0 Å². The number of halogens is 1. The van der Waals surface area contributed by atoms with Gasteiger partial charge in [0.25, 0.3) is 0 Å². The topological polar surface area (TPSA) is 79.0 Å². The Balaban J connectivity index is 1.27. The van der Waals surface area contributed by atoms with Crippen LogP contribution in [0.2, 0.25) is 5.02 Å². The maximum absolute atomic E-state index is 12.6. The lowest BCUT2D eigenvalue weighted by molar-refractivity contribution is -0.121. The molecule has 1 atom stereocenters. The minimum absolute atomic E-state index is 0.00586. The van der Waals surface area contributed by atoms with E-state index in [1.165, 1.54) is 0 Å². The van der Waals surface area contributed by atoms with E-state index in [0.717, 1.165) is 42.8 Å². The van der Waals surface area contributed by atoms with Crippen LogP contribution in [-0.2, 0) is 21.2 Å². The van der Waals surface area contributed by atoms with Crippen molar-refractivity contribution in [3.8, 4) is 5.75 Å². The smallest absolute Gasteiger partial charge is 0.243 e. The molecule has 0 saturated carbocycles. The molecule has 1 unspecified atom stereocenters. The number of nitrogens with zero attached hydrogens (tertiary/aromatic N) is 2. The van der Waals surface area contributed by atoms with Gasteiger partial charge in [-0.1, -0.05) is 23.7 Å². The average Bonchev–Trinajstić information content (AvgIpc) is 3.51. The van der Waals surface area contributed by atoms with Gasteiger partial charge in [0.15, 0.2) is 0 Å². The number of benzene rings is 2. The minimum Gasteiger partial charge on any atom is -0.495 e. The fraction of sp³-hybridized carbons (Fsp3) is 0.458. The van der Waals surface area contributed by atoms with Crippen molar-refractivity contribution in [2.75, 3.05) is 38.2 Å². The van der Waals surface area contributed by atoms with E-state index in [0.29, 0.717) is 42.4 Å². The Morgan fingerprint density at radius 1 is 1.12 bits per heavy atom.